The lowest BCUT2D eigenvalue weighted by molar-refractivity contribution is 0.135. The van der Waals surface area contributed by atoms with Crippen LogP contribution in [0.3, 0.4) is 0 Å². The molecule has 114 valence electrons. The molecule has 0 radical (unpaired) electrons. The number of nitrogens with zero attached hydrogens (tertiary/aromatic N) is 2. The lowest BCUT2D eigenvalue weighted by atomic mass is 9.93. The Balaban J connectivity index is 1.35. The molecule has 2 aliphatic carbocycles. The van der Waals surface area contributed by atoms with E-state index in [0.717, 1.165) is 24.3 Å². The normalized spacial score (nSPS) is 32.8. The molecule has 2 nitrogen and oxygen atoms in total. The van der Waals surface area contributed by atoms with Gasteiger partial charge in [0.25, 0.3) is 0 Å². The number of anilines is 1. The van der Waals surface area contributed by atoms with Gasteiger partial charge in [0.05, 0.1) is 0 Å². The number of rotatable bonds is 3. The zero-order chi connectivity index (χ0) is 14.2. The van der Waals surface area contributed by atoms with Crippen LogP contribution < -0.4 is 4.90 Å². The third-order valence-electron chi connectivity index (χ3n) is 6.19. The summed E-state index contributed by atoms with van der Waals surface area (Å²) in [7, 11) is 0. The van der Waals surface area contributed by atoms with E-state index in [1.807, 2.05) is 0 Å². The summed E-state index contributed by atoms with van der Waals surface area (Å²) < 4.78 is 0. The van der Waals surface area contributed by atoms with Crippen LogP contribution in [0.4, 0.5) is 5.69 Å². The quantitative estimate of drug-likeness (QED) is 0.837. The predicted octanol–water partition coefficient (Wildman–Crippen LogP) is 3.56. The van der Waals surface area contributed by atoms with Crippen LogP contribution in [0.1, 0.15) is 38.2 Å². The predicted molar refractivity (Wildman–Crippen MR) is 88.8 cm³/mol. The van der Waals surface area contributed by atoms with Crippen molar-refractivity contribution in [2.75, 3.05) is 31.1 Å². The van der Waals surface area contributed by atoms with E-state index in [1.165, 1.54) is 63.1 Å². The smallest absolute Gasteiger partial charge is 0.0367 e. The van der Waals surface area contributed by atoms with E-state index in [-0.39, 0.29) is 0 Å². The van der Waals surface area contributed by atoms with Crippen LogP contribution in [-0.2, 0) is 6.42 Å². The highest BCUT2D eigenvalue weighted by Crippen LogP contribution is 2.46. The van der Waals surface area contributed by atoms with Crippen molar-refractivity contribution in [3.05, 3.63) is 29.8 Å². The van der Waals surface area contributed by atoms with Crippen molar-refractivity contribution in [1.29, 1.82) is 0 Å². The van der Waals surface area contributed by atoms with Crippen LogP contribution in [-0.4, -0.2) is 37.1 Å². The van der Waals surface area contributed by atoms with Gasteiger partial charge in [0.2, 0.25) is 0 Å². The Kier molecular flexibility index (Phi) is 3.66. The first-order valence-corrected chi connectivity index (χ1v) is 8.91. The van der Waals surface area contributed by atoms with Crippen molar-refractivity contribution in [2.24, 2.45) is 11.8 Å². The van der Waals surface area contributed by atoms with Gasteiger partial charge in [-0.25, -0.2) is 0 Å². The minimum absolute atomic E-state index is 0.924. The fourth-order valence-corrected chi connectivity index (χ4v) is 4.91. The van der Waals surface area contributed by atoms with Gasteiger partial charge >= 0.3 is 0 Å². The van der Waals surface area contributed by atoms with Crippen molar-refractivity contribution in [3.63, 3.8) is 0 Å². The molecule has 0 N–H and O–H groups in total. The van der Waals surface area contributed by atoms with Crippen LogP contribution in [0.25, 0.3) is 0 Å². The lowest BCUT2D eigenvalue weighted by Crippen LogP contribution is -2.51. The summed E-state index contributed by atoms with van der Waals surface area (Å²) in [6, 6.07) is 10.1. The van der Waals surface area contributed by atoms with Crippen LogP contribution in [0, 0.1) is 11.8 Å². The second-order valence-electron chi connectivity index (χ2n) is 7.29. The molecule has 1 aromatic carbocycles. The highest BCUT2D eigenvalue weighted by molar-refractivity contribution is 5.48. The SMILES string of the molecule is CCc1ccc(N2CCN(C3CC4CCC3C4)CC2)cc1. The van der Waals surface area contributed by atoms with Crippen molar-refractivity contribution in [3.8, 4) is 0 Å². The van der Waals surface area contributed by atoms with Crippen molar-refractivity contribution < 1.29 is 0 Å². The maximum absolute atomic E-state index is 2.81. The topological polar surface area (TPSA) is 6.48 Å². The molecular weight excluding hydrogens is 256 g/mol. The summed E-state index contributed by atoms with van der Waals surface area (Å²) in [4.78, 5) is 5.38. The minimum atomic E-state index is 0.924. The molecule has 1 aromatic rings. The van der Waals surface area contributed by atoms with Crippen molar-refractivity contribution in [2.45, 2.75) is 45.1 Å². The molecule has 2 heteroatoms. The first-order chi connectivity index (χ1) is 10.3. The maximum atomic E-state index is 2.81. The van der Waals surface area contributed by atoms with E-state index in [2.05, 4.69) is 41.0 Å². The molecule has 3 aliphatic rings. The molecule has 1 heterocycles. The van der Waals surface area contributed by atoms with Crippen LogP contribution >= 0.6 is 0 Å². The van der Waals surface area contributed by atoms with Gasteiger partial charge in [-0.15, -0.1) is 0 Å². The zero-order valence-corrected chi connectivity index (χ0v) is 13.3. The molecule has 3 fully saturated rings. The van der Waals surface area contributed by atoms with Gasteiger partial charge in [0.15, 0.2) is 0 Å². The first kappa shape index (κ1) is 13.6. The largest absolute Gasteiger partial charge is 0.369 e. The minimum Gasteiger partial charge on any atom is -0.369 e. The van der Waals surface area contributed by atoms with Gasteiger partial charge in [0, 0.05) is 37.9 Å². The van der Waals surface area contributed by atoms with Gasteiger partial charge < -0.3 is 4.90 Å². The fraction of sp³-hybridized carbons (Fsp3) is 0.684. The highest BCUT2D eigenvalue weighted by atomic mass is 15.3. The molecule has 2 saturated carbocycles. The second kappa shape index (κ2) is 5.64. The van der Waals surface area contributed by atoms with Gasteiger partial charge in [-0.05, 0) is 55.2 Å². The molecule has 21 heavy (non-hydrogen) atoms. The standard InChI is InChI=1S/C19H28N2/c1-2-15-4-7-18(8-5-15)20-9-11-21(12-10-20)19-14-16-3-6-17(19)13-16/h4-5,7-8,16-17,19H,2-3,6,9-14H2,1H3. The number of benzene rings is 1. The van der Waals surface area contributed by atoms with E-state index in [1.54, 1.807) is 0 Å². The summed E-state index contributed by atoms with van der Waals surface area (Å²) in [5.74, 6) is 2.10. The monoisotopic (exact) mass is 284 g/mol. The Labute approximate surface area is 129 Å². The third-order valence-corrected chi connectivity index (χ3v) is 6.19. The second-order valence-corrected chi connectivity index (χ2v) is 7.29. The molecular formula is C19H28N2. The molecule has 0 spiro atoms. The summed E-state index contributed by atoms with van der Waals surface area (Å²) in [6.07, 6.45) is 7.19. The van der Waals surface area contributed by atoms with Gasteiger partial charge in [0.1, 0.15) is 0 Å². The van der Waals surface area contributed by atoms with Crippen LogP contribution in [0.2, 0.25) is 0 Å². The number of hydrogen-bond donors (Lipinski definition) is 0. The fourth-order valence-electron chi connectivity index (χ4n) is 4.91. The van der Waals surface area contributed by atoms with Gasteiger partial charge in [-0.2, -0.15) is 0 Å². The maximum Gasteiger partial charge on any atom is 0.0367 e. The van der Waals surface area contributed by atoms with E-state index in [4.69, 9.17) is 0 Å². The van der Waals surface area contributed by atoms with Gasteiger partial charge in [-0.1, -0.05) is 25.5 Å². The summed E-state index contributed by atoms with van der Waals surface area (Å²) >= 11 is 0. The first-order valence-electron chi connectivity index (χ1n) is 8.91. The van der Waals surface area contributed by atoms with Crippen LogP contribution in [0.15, 0.2) is 24.3 Å². The molecule has 3 atom stereocenters. The number of hydrogen-bond acceptors (Lipinski definition) is 2. The Bertz CT molecular complexity index is 473. The Morgan fingerprint density at radius 3 is 2.29 bits per heavy atom. The summed E-state index contributed by atoms with van der Waals surface area (Å²) in [6.45, 7) is 7.18. The third kappa shape index (κ3) is 2.59. The number of fused-ring (bicyclic) bond motifs is 2. The van der Waals surface area contributed by atoms with Crippen LogP contribution in [0.5, 0.6) is 0 Å². The molecule has 2 bridgehead atoms. The lowest BCUT2D eigenvalue weighted by Gasteiger charge is -2.41. The molecule has 0 amide bonds. The van der Waals surface area contributed by atoms with E-state index in [9.17, 15) is 0 Å². The molecule has 3 unspecified atom stereocenters. The number of aryl methyl sites for hydroxylation is 1. The summed E-state index contributed by atoms with van der Waals surface area (Å²) in [5.41, 5.74) is 2.86. The Morgan fingerprint density at radius 2 is 1.71 bits per heavy atom. The number of piperazine rings is 1. The Hall–Kier alpha value is -1.02. The van der Waals surface area contributed by atoms with Crippen molar-refractivity contribution >= 4 is 5.69 Å². The zero-order valence-electron chi connectivity index (χ0n) is 13.3. The molecule has 0 aromatic heterocycles. The Morgan fingerprint density at radius 1 is 0.952 bits per heavy atom. The van der Waals surface area contributed by atoms with E-state index >= 15 is 0 Å². The molecule has 1 saturated heterocycles. The molecule has 1 aliphatic heterocycles. The van der Waals surface area contributed by atoms with Crippen molar-refractivity contribution in [1.82, 2.24) is 4.90 Å². The summed E-state index contributed by atoms with van der Waals surface area (Å²) in [5, 5.41) is 0. The highest BCUT2D eigenvalue weighted by Gasteiger charge is 2.42. The molecule has 4 rings (SSSR count). The average Bonchev–Trinajstić information content (AvgIpc) is 3.18. The van der Waals surface area contributed by atoms with E-state index < -0.39 is 0 Å². The average molecular weight is 284 g/mol. The van der Waals surface area contributed by atoms with Gasteiger partial charge in [-0.3, -0.25) is 4.90 Å². The van der Waals surface area contributed by atoms with E-state index in [0.29, 0.717) is 0 Å².